The van der Waals surface area contributed by atoms with Crippen molar-refractivity contribution in [3.05, 3.63) is 60.2 Å². The Bertz CT molecular complexity index is 919. The number of piperidine rings is 1. The summed E-state index contributed by atoms with van der Waals surface area (Å²) in [5, 5.41) is 4.97. The van der Waals surface area contributed by atoms with Crippen LogP contribution in [0.2, 0.25) is 0 Å². The maximum absolute atomic E-state index is 13.0. The molecule has 0 unspecified atom stereocenters. The number of carbonyl (C=O) groups is 3. The molecule has 2 N–H and O–H groups in total. The third-order valence-corrected chi connectivity index (χ3v) is 6.53. The average Bonchev–Trinajstić information content (AvgIpc) is 2.77. The van der Waals surface area contributed by atoms with Gasteiger partial charge in [-0.3, -0.25) is 14.4 Å². The standard InChI is InChI=1S/C22H23N3O3S/c26-20(23-13-15-7-2-1-3-8-15)16-9-6-12-25(14-16)22(28)19-21(27)24-17-10-4-5-11-18(17)29-19/h1-5,7-8,10-11,16,19H,6,9,12-14H2,(H,23,26)(H,24,27)/t16-,19+/m1/s1. The Kier molecular flexibility index (Phi) is 5.85. The van der Waals surface area contributed by atoms with Gasteiger partial charge < -0.3 is 15.5 Å². The number of nitrogens with one attached hydrogen (secondary N) is 2. The van der Waals surface area contributed by atoms with E-state index in [0.717, 1.165) is 29.0 Å². The lowest BCUT2D eigenvalue weighted by Crippen LogP contribution is -2.50. The molecule has 1 saturated heterocycles. The second-order valence-electron chi connectivity index (χ2n) is 7.31. The van der Waals surface area contributed by atoms with E-state index in [1.807, 2.05) is 54.6 Å². The molecule has 0 spiro atoms. The molecule has 0 radical (unpaired) electrons. The minimum Gasteiger partial charge on any atom is -0.352 e. The Labute approximate surface area is 174 Å². The van der Waals surface area contributed by atoms with Gasteiger partial charge in [-0.1, -0.05) is 42.5 Å². The molecule has 29 heavy (non-hydrogen) atoms. The third-order valence-electron chi connectivity index (χ3n) is 5.27. The average molecular weight is 410 g/mol. The molecule has 2 aliphatic heterocycles. The van der Waals surface area contributed by atoms with Crippen molar-refractivity contribution in [1.29, 1.82) is 0 Å². The van der Waals surface area contributed by atoms with Gasteiger partial charge in [0.05, 0.1) is 11.6 Å². The van der Waals surface area contributed by atoms with Crippen LogP contribution in [-0.2, 0) is 20.9 Å². The maximum atomic E-state index is 13.0. The lowest BCUT2D eigenvalue weighted by Gasteiger charge is -2.35. The molecule has 0 saturated carbocycles. The number of nitrogens with zero attached hydrogens (tertiary/aromatic N) is 1. The molecule has 7 heteroatoms. The lowest BCUT2D eigenvalue weighted by molar-refractivity contribution is -0.137. The molecule has 2 aliphatic rings. The van der Waals surface area contributed by atoms with Crippen molar-refractivity contribution in [3.63, 3.8) is 0 Å². The zero-order chi connectivity index (χ0) is 20.2. The van der Waals surface area contributed by atoms with Crippen LogP contribution in [0.25, 0.3) is 0 Å². The van der Waals surface area contributed by atoms with E-state index in [1.165, 1.54) is 11.8 Å². The second-order valence-corrected chi connectivity index (χ2v) is 8.46. The summed E-state index contributed by atoms with van der Waals surface area (Å²) in [6.07, 6.45) is 1.50. The molecule has 0 aliphatic carbocycles. The fourth-order valence-electron chi connectivity index (χ4n) is 3.70. The van der Waals surface area contributed by atoms with Gasteiger partial charge in [-0.2, -0.15) is 0 Å². The number of amides is 3. The molecule has 2 atom stereocenters. The summed E-state index contributed by atoms with van der Waals surface area (Å²) < 4.78 is 0. The summed E-state index contributed by atoms with van der Waals surface area (Å²) in [5.41, 5.74) is 1.78. The normalized spacial score (nSPS) is 21.1. The Hall–Kier alpha value is -2.80. The summed E-state index contributed by atoms with van der Waals surface area (Å²) in [6, 6.07) is 17.2. The predicted octanol–water partition coefficient (Wildman–Crippen LogP) is 2.65. The van der Waals surface area contributed by atoms with E-state index in [1.54, 1.807) is 4.90 Å². The van der Waals surface area contributed by atoms with Crippen molar-refractivity contribution in [2.24, 2.45) is 5.92 Å². The summed E-state index contributed by atoms with van der Waals surface area (Å²) in [4.78, 5) is 40.7. The van der Waals surface area contributed by atoms with Crippen LogP contribution in [0.3, 0.4) is 0 Å². The highest BCUT2D eigenvalue weighted by molar-refractivity contribution is 8.01. The van der Waals surface area contributed by atoms with Gasteiger partial charge in [0, 0.05) is 24.5 Å². The van der Waals surface area contributed by atoms with Crippen LogP contribution < -0.4 is 10.6 Å². The highest BCUT2D eigenvalue weighted by atomic mass is 32.2. The van der Waals surface area contributed by atoms with E-state index >= 15 is 0 Å². The van der Waals surface area contributed by atoms with E-state index in [4.69, 9.17) is 0 Å². The number of hydrogen-bond donors (Lipinski definition) is 2. The topological polar surface area (TPSA) is 78.5 Å². The minimum absolute atomic E-state index is 0.0440. The first kappa shape index (κ1) is 19.5. The van der Waals surface area contributed by atoms with Crippen molar-refractivity contribution < 1.29 is 14.4 Å². The number of para-hydroxylation sites is 1. The zero-order valence-electron chi connectivity index (χ0n) is 16.0. The van der Waals surface area contributed by atoms with Gasteiger partial charge in [0.25, 0.3) is 0 Å². The number of benzene rings is 2. The molecule has 0 aromatic heterocycles. The number of thioether (sulfide) groups is 1. The molecule has 150 valence electrons. The van der Waals surface area contributed by atoms with Gasteiger partial charge in [0.2, 0.25) is 17.7 Å². The molecular weight excluding hydrogens is 386 g/mol. The van der Waals surface area contributed by atoms with Gasteiger partial charge in [0.15, 0.2) is 5.25 Å². The minimum atomic E-state index is -0.809. The molecular formula is C22H23N3O3S. The highest BCUT2D eigenvalue weighted by Crippen LogP contribution is 2.36. The van der Waals surface area contributed by atoms with Crippen molar-refractivity contribution in [1.82, 2.24) is 10.2 Å². The van der Waals surface area contributed by atoms with Crippen molar-refractivity contribution in [2.75, 3.05) is 18.4 Å². The molecule has 3 amide bonds. The molecule has 1 fully saturated rings. The Morgan fingerprint density at radius 1 is 1.10 bits per heavy atom. The molecule has 2 aromatic rings. The number of fused-ring (bicyclic) bond motifs is 1. The van der Waals surface area contributed by atoms with Crippen LogP contribution >= 0.6 is 11.8 Å². The van der Waals surface area contributed by atoms with Crippen molar-refractivity contribution >= 4 is 35.2 Å². The number of rotatable bonds is 4. The second kappa shape index (κ2) is 8.69. The highest BCUT2D eigenvalue weighted by Gasteiger charge is 2.38. The van der Waals surface area contributed by atoms with Crippen LogP contribution in [0.15, 0.2) is 59.5 Å². The number of anilines is 1. The number of carbonyl (C=O) groups excluding carboxylic acids is 3. The van der Waals surface area contributed by atoms with Gasteiger partial charge >= 0.3 is 0 Å². The molecule has 2 aromatic carbocycles. The van der Waals surface area contributed by atoms with E-state index < -0.39 is 5.25 Å². The van der Waals surface area contributed by atoms with Gasteiger partial charge in [-0.15, -0.1) is 11.8 Å². The first-order chi connectivity index (χ1) is 14.1. The monoisotopic (exact) mass is 409 g/mol. The summed E-state index contributed by atoms with van der Waals surface area (Å²) in [5.74, 6) is -0.810. The molecule has 4 rings (SSSR count). The Morgan fingerprint density at radius 3 is 2.69 bits per heavy atom. The van der Waals surface area contributed by atoms with E-state index in [9.17, 15) is 14.4 Å². The van der Waals surface area contributed by atoms with Crippen molar-refractivity contribution in [3.8, 4) is 0 Å². The van der Waals surface area contributed by atoms with E-state index in [0.29, 0.717) is 19.6 Å². The smallest absolute Gasteiger partial charge is 0.247 e. The lowest BCUT2D eigenvalue weighted by atomic mass is 9.96. The summed E-state index contributed by atoms with van der Waals surface area (Å²) in [7, 11) is 0. The fraction of sp³-hybridized carbons (Fsp3) is 0.318. The molecule has 0 bridgehead atoms. The first-order valence-corrected chi connectivity index (χ1v) is 10.7. The fourth-order valence-corrected chi connectivity index (χ4v) is 4.77. The van der Waals surface area contributed by atoms with Gasteiger partial charge in [0.1, 0.15) is 0 Å². The SMILES string of the molecule is O=C(NCc1ccccc1)[C@@H]1CCCN(C(=O)[C@H]2Sc3ccccc3NC2=O)C1. The maximum Gasteiger partial charge on any atom is 0.247 e. The van der Waals surface area contributed by atoms with E-state index in [2.05, 4.69) is 10.6 Å². The van der Waals surface area contributed by atoms with Gasteiger partial charge in [-0.05, 0) is 30.5 Å². The van der Waals surface area contributed by atoms with Crippen LogP contribution in [0.4, 0.5) is 5.69 Å². The first-order valence-electron chi connectivity index (χ1n) is 9.79. The Balaban J connectivity index is 1.37. The molecule has 2 heterocycles. The van der Waals surface area contributed by atoms with Gasteiger partial charge in [-0.25, -0.2) is 0 Å². The van der Waals surface area contributed by atoms with Crippen LogP contribution in [0.5, 0.6) is 0 Å². The zero-order valence-corrected chi connectivity index (χ0v) is 16.8. The quantitative estimate of drug-likeness (QED) is 0.761. The van der Waals surface area contributed by atoms with E-state index in [-0.39, 0.29) is 23.6 Å². The predicted molar refractivity (Wildman–Crippen MR) is 112 cm³/mol. The van der Waals surface area contributed by atoms with Crippen LogP contribution in [-0.4, -0.2) is 41.0 Å². The number of likely N-dealkylation sites (tertiary alicyclic amines) is 1. The number of hydrogen-bond acceptors (Lipinski definition) is 4. The Morgan fingerprint density at radius 2 is 1.86 bits per heavy atom. The van der Waals surface area contributed by atoms with Crippen LogP contribution in [0.1, 0.15) is 18.4 Å². The van der Waals surface area contributed by atoms with Crippen molar-refractivity contribution in [2.45, 2.75) is 29.5 Å². The summed E-state index contributed by atoms with van der Waals surface area (Å²) in [6.45, 7) is 1.40. The van der Waals surface area contributed by atoms with Crippen LogP contribution in [0, 0.1) is 5.92 Å². The molecule has 6 nitrogen and oxygen atoms in total. The third kappa shape index (κ3) is 4.45. The largest absolute Gasteiger partial charge is 0.352 e. The summed E-state index contributed by atoms with van der Waals surface area (Å²) >= 11 is 1.28.